The third-order valence-corrected chi connectivity index (χ3v) is 6.55. The number of hydrogen-bond acceptors (Lipinski definition) is 8. The number of carbonyl (C=O) groups is 1. The second kappa shape index (κ2) is 9.28. The summed E-state index contributed by atoms with van der Waals surface area (Å²) in [6.07, 6.45) is 2.72. The van der Waals surface area contributed by atoms with Crippen molar-refractivity contribution in [1.29, 1.82) is 0 Å². The number of hydrogen-bond donors (Lipinski definition) is 1. The molecule has 5 heterocycles. The van der Waals surface area contributed by atoms with E-state index in [0.29, 0.717) is 49.8 Å². The van der Waals surface area contributed by atoms with Crippen molar-refractivity contribution in [3.05, 3.63) is 53.6 Å². The molecule has 0 saturated carbocycles. The number of anilines is 2. The van der Waals surface area contributed by atoms with Crippen molar-refractivity contribution in [2.24, 2.45) is 7.05 Å². The van der Waals surface area contributed by atoms with Gasteiger partial charge >= 0.3 is 6.18 Å². The topological polar surface area (TPSA) is 101 Å². The quantitative estimate of drug-likeness (QED) is 0.568. The van der Waals surface area contributed by atoms with Crippen LogP contribution in [0.15, 0.2) is 31.1 Å². The summed E-state index contributed by atoms with van der Waals surface area (Å²) in [6.45, 7) is 1.92. The van der Waals surface area contributed by atoms with Crippen molar-refractivity contribution >= 4 is 17.4 Å². The molecule has 3 aromatic heterocycles. The van der Waals surface area contributed by atoms with Gasteiger partial charge in [0.15, 0.2) is 0 Å². The first-order valence-electron chi connectivity index (χ1n) is 11.5. The molecular weight excluding hydrogens is 477 g/mol. The maximum atomic E-state index is 13.5. The molecule has 36 heavy (non-hydrogen) atoms. The van der Waals surface area contributed by atoms with Crippen LogP contribution in [0.4, 0.5) is 24.7 Å². The average Bonchev–Trinajstić information content (AvgIpc) is 3.51. The number of nitrogens with zero attached hydrogens (tertiary/aromatic N) is 7. The molecule has 0 radical (unpaired) electrons. The first-order chi connectivity index (χ1) is 17.2. The number of fused-ring (bicyclic) bond motifs is 1. The molecule has 1 N–H and O–H groups in total. The zero-order valence-electron chi connectivity index (χ0n) is 19.8. The van der Waals surface area contributed by atoms with Gasteiger partial charge < -0.3 is 24.4 Å². The lowest BCUT2D eigenvalue weighted by Gasteiger charge is -2.31. The van der Waals surface area contributed by atoms with Gasteiger partial charge in [-0.15, -0.1) is 0 Å². The number of aromatic nitrogens is 5. The van der Waals surface area contributed by atoms with E-state index in [4.69, 9.17) is 4.74 Å². The highest BCUT2D eigenvalue weighted by atomic mass is 19.4. The van der Waals surface area contributed by atoms with Crippen LogP contribution in [0.2, 0.25) is 0 Å². The van der Waals surface area contributed by atoms with Crippen LogP contribution in [0.3, 0.4) is 0 Å². The van der Waals surface area contributed by atoms with E-state index in [1.807, 2.05) is 4.90 Å². The third kappa shape index (κ3) is 4.52. The minimum atomic E-state index is -4.58. The number of imidazole rings is 1. The van der Waals surface area contributed by atoms with Gasteiger partial charge in [0.1, 0.15) is 23.4 Å². The number of methoxy groups -OCH3 is 1. The fourth-order valence-electron chi connectivity index (χ4n) is 4.65. The van der Waals surface area contributed by atoms with Gasteiger partial charge in [-0.05, 0) is 12.5 Å². The minimum Gasteiger partial charge on any atom is -0.481 e. The number of likely N-dealkylation sites (tertiary alicyclic amines) is 1. The number of pyridine rings is 1. The van der Waals surface area contributed by atoms with Crippen molar-refractivity contribution in [3.8, 4) is 5.88 Å². The number of halogens is 3. The summed E-state index contributed by atoms with van der Waals surface area (Å²) < 4.78 is 47.0. The van der Waals surface area contributed by atoms with E-state index >= 15 is 0 Å². The van der Waals surface area contributed by atoms with E-state index in [1.165, 1.54) is 12.5 Å². The molecule has 0 unspecified atom stereocenters. The van der Waals surface area contributed by atoms with Gasteiger partial charge in [0, 0.05) is 51.3 Å². The Bertz CT molecular complexity index is 1280. The highest BCUT2D eigenvalue weighted by Crippen LogP contribution is 2.38. The highest BCUT2D eigenvalue weighted by Gasteiger charge is 2.36. The SMILES string of the molecule is COc1ncc(N2CCc3ncnc(N[C@H]4CCN(C(=O)c5cncn5C)C4)c3C2)cc1C(F)(F)F. The van der Waals surface area contributed by atoms with Crippen molar-refractivity contribution in [1.82, 2.24) is 29.4 Å². The number of carbonyl (C=O) groups excluding carboxylic acids is 1. The molecule has 2 aliphatic rings. The van der Waals surface area contributed by atoms with Crippen molar-refractivity contribution in [2.75, 3.05) is 37.0 Å². The molecule has 0 bridgehead atoms. The monoisotopic (exact) mass is 502 g/mol. The second-order valence-electron chi connectivity index (χ2n) is 8.84. The standard InChI is InChI=1S/C23H25F3N8O2/c1-32-13-27-9-19(32)22(35)34-5-3-14(10-34)31-20-16-11-33(6-4-18(16)29-12-30-20)15-7-17(23(24,25)26)21(36-2)28-8-15/h7-9,12-14H,3-6,10-11H2,1-2H3,(H,29,30,31)/t14-/m0/s1. The molecule has 190 valence electrons. The Morgan fingerprint density at radius 1 is 1.19 bits per heavy atom. The Kier molecular flexibility index (Phi) is 6.14. The van der Waals surface area contributed by atoms with E-state index in [9.17, 15) is 18.0 Å². The number of alkyl halides is 3. The fourth-order valence-corrected chi connectivity index (χ4v) is 4.65. The number of nitrogens with one attached hydrogen (secondary N) is 1. The summed E-state index contributed by atoms with van der Waals surface area (Å²) in [4.78, 5) is 33.1. The number of ether oxygens (including phenoxy) is 1. The predicted molar refractivity (Wildman–Crippen MR) is 124 cm³/mol. The van der Waals surface area contributed by atoms with Crippen LogP contribution in [-0.4, -0.2) is 68.1 Å². The molecule has 5 rings (SSSR count). The van der Waals surface area contributed by atoms with Gasteiger partial charge in [0.05, 0.1) is 37.2 Å². The normalized spacial score (nSPS) is 17.8. The molecule has 1 saturated heterocycles. The van der Waals surface area contributed by atoms with Crippen LogP contribution in [0.25, 0.3) is 0 Å². The van der Waals surface area contributed by atoms with Crippen LogP contribution in [0.5, 0.6) is 5.88 Å². The molecule has 1 amide bonds. The lowest BCUT2D eigenvalue weighted by atomic mass is 10.0. The van der Waals surface area contributed by atoms with Gasteiger partial charge in [0.2, 0.25) is 5.88 Å². The van der Waals surface area contributed by atoms with Crippen molar-refractivity contribution in [3.63, 3.8) is 0 Å². The fraction of sp³-hybridized carbons (Fsp3) is 0.435. The Balaban J connectivity index is 1.33. The molecule has 0 aromatic carbocycles. The summed E-state index contributed by atoms with van der Waals surface area (Å²) in [6, 6.07) is 1.04. The molecule has 0 spiro atoms. The molecule has 0 aliphatic carbocycles. The second-order valence-corrected chi connectivity index (χ2v) is 8.84. The van der Waals surface area contributed by atoms with Crippen LogP contribution in [0.1, 0.15) is 33.7 Å². The van der Waals surface area contributed by atoms with E-state index in [0.717, 1.165) is 30.9 Å². The van der Waals surface area contributed by atoms with Crippen molar-refractivity contribution in [2.45, 2.75) is 31.6 Å². The Morgan fingerprint density at radius 3 is 2.75 bits per heavy atom. The lowest BCUT2D eigenvalue weighted by Crippen LogP contribution is -2.34. The maximum Gasteiger partial charge on any atom is 0.421 e. The zero-order valence-corrected chi connectivity index (χ0v) is 19.8. The van der Waals surface area contributed by atoms with Crippen LogP contribution in [-0.2, 0) is 26.2 Å². The Hall–Kier alpha value is -3.90. The first-order valence-corrected chi connectivity index (χ1v) is 11.5. The van der Waals surface area contributed by atoms with Crippen molar-refractivity contribution < 1.29 is 22.7 Å². The summed E-state index contributed by atoms with van der Waals surface area (Å²) in [7, 11) is 2.94. The molecule has 3 aromatic rings. The zero-order chi connectivity index (χ0) is 25.4. The van der Waals surface area contributed by atoms with E-state index in [2.05, 4.69) is 25.3 Å². The number of rotatable bonds is 5. The molecule has 2 aliphatic heterocycles. The van der Waals surface area contributed by atoms with Gasteiger partial charge in [-0.2, -0.15) is 13.2 Å². The highest BCUT2D eigenvalue weighted by molar-refractivity contribution is 5.92. The van der Waals surface area contributed by atoms with Gasteiger partial charge in [-0.3, -0.25) is 4.79 Å². The van der Waals surface area contributed by atoms with E-state index < -0.39 is 17.6 Å². The van der Waals surface area contributed by atoms with E-state index in [1.54, 1.807) is 29.0 Å². The molecule has 1 fully saturated rings. The lowest BCUT2D eigenvalue weighted by molar-refractivity contribution is -0.139. The predicted octanol–water partition coefficient (Wildman–Crippen LogP) is 2.52. The smallest absolute Gasteiger partial charge is 0.421 e. The largest absolute Gasteiger partial charge is 0.481 e. The summed E-state index contributed by atoms with van der Waals surface area (Å²) in [5, 5.41) is 3.43. The number of aryl methyl sites for hydroxylation is 1. The van der Waals surface area contributed by atoms with E-state index in [-0.39, 0.29) is 11.9 Å². The summed E-state index contributed by atoms with van der Waals surface area (Å²) in [5.74, 6) is 0.0884. The summed E-state index contributed by atoms with van der Waals surface area (Å²) in [5.41, 5.74) is 1.63. The first kappa shape index (κ1) is 23.8. The Labute approximate surface area is 205 Å². The third-order valence-electron chi connectivity index (χ3n) is 6.55. The van der Waals surface area contributed by atoms with Crippen LogP contribution in [0, 0.1) is 0 Å². The average molecular weight is 503 g/mol. The molecular formula is C23H25F3N8O2. The maximum absolute atomic E-state index is 13.5. The molecule has 10 nitrogen and oxygen atoms in total. The summed E-state index contributed by atoms with van der Waals surface area (Å²) >= 11 is 0. The van der Waals surface area contributed by atoms with Gasteiger partial charge in [-0.1, -0.05) is 0 Å². The van der Waals surface area contributed by atoms with Gasteiger partial charge in [0.25, 0.3) is 5.91 Å². The molecule has 13 heteroatoms. The minimum absolute atomic E-state index is 0.0176. The number of amides is 1. The molecule has 1 atom stereocenters. The van der Waals surface area contributed by atoms with Crippen LogP contribution >= 0.6 is 0 Å². The van der Waals surface area contributed by atoms with Crippen LogP contribution < -0.4 is 15.0 Å². The Morgan fingerprint density at radius 2 is 2.03 bits per heavy atom. The van der Waals surface area contributed by atoms with Gasteiger partial charge in [-0.25, -0.2) is 19.9 Å².